The fraction of sp³-hybridized carbons (Fsp3) is 0.800. The number of allylic oxidation sites excluding steroid dienone is 2. The van der Waals surface area contributed by atoms with Crippen LogP contribution in [0.5, 0.6) is 0 Å². The van der Waals surface area contributed by atoms with Gasteiger partial charge in [0, 0.05) is 0 Å². The van der Waals surface area contributed by atoms with E-state index >= 15 is 0 Å². The third-order valence-corrected chi connectivity index (χ3v) is 7.10. The molecule has 3 aliphatic rings. The maximum Gasteiger partial charge on any atom is 0.0686 e. The average Bonchev–Trinajstić information content (AvgIpc) is 2.82. The van der Waals surface area contributed by atoms with Crippen molar-refractivity contribution in [3.05, 3.63) is 23.3 Å². The number of aliphatic hydroxyl groups is 3. The zero-order valence-corrected chi connectivity index (χ0v) is 14.6. The fourth-order valence-corrected chi connectivity index (χ4v) is 5.56. The van der Waals surface area contributed by atoms with Gasteiger partial charge in [0.1, 0.15) is 0 Å². The number of aliphatic hydroxyl groups excluding tert-OH is 3. The topological polar surface area (TPSA) is 60.7 Å². The van der Waals surface area contributed by atoms with Crippen LogP contribution in [-0.2, 0) is 0 Å². The Bertz CT molecular complexity index is 509. The second-order valence-electron chi connectivity index (χ2n) is 8.31. The highest BCUT2D eigenvalue weighted by Gasteiger charge is 2.60. The summed E-state index contributed by atoms with van der Waals surface area (Å²) in [6.45, 7) is 8.67. The van der Waals surface area contributed by atoms with Crippen LogP contribution >= 0.6 is 0 Å². The Labute approximate surface area is 140 Å². The standard InChI is InChI=1S/C20H32O3/c1-12-5-4-6-13(2)16-10-18(23)20(11-21)17(22)9-15(8-7-12)14(3)19(16)20/h12,16-19,21-23H,2,4-11H2,1,3H3. The quantitative estimate of drug-likeness (QED) is 0.650. The Morgan fingerprint density at radius 2 is 1.91 bits per heavy atom. The molecule has 3 heteroatoms. The van der Waals surface area contributed by atoms with Gasteiger partial charge in [0.05, 0.1) is 24.2 Å². The lowest BCUT2D eigenvalue weighted by Gasteiger charge is -2.47. The molecule has 6 unspecified atom stereocenters. The van der Waals surface area contributed by atoms with Crippen LogP contribution in [0.15, 0.2) is 23.3 Å². The summed E-state index contributed by atoms with van der Waals surface area (Å²) in [5.41, 5.74) is 3.07. The largest absolute Gasteiger partial charge is 0.396 e. The van der Waals surface area contributed by atoms with Gasteiger partial charge in [-0.05, 0) is 63.2 Å². The minimum atomic E-state index is -0.791. The van der Waals surface area contributed by atoms with Crippen molar-refractivity contribution in [3.8, 4) is 0 Å². The van der Waals surface area contributed by atoms with Crippen molar-refractivity contribution in [2.45, 2.75) is 71.0 Å². The summed E-state index contributed by atoms with van der Waals surface area (Å²) in [6, 6.07) is 0. The SMILES string of the molecule is C=C1CCCC(C)CCC2=C(C)C3C1CC(O)C3(CO)C(O)C2. The van der Waals surface area contributed by atoms with Crippen LogP contribution in [0.2, 0.25) is 0 Å². The lowest BCUT2D eigenvalue weighted by molar-refractivity contribution is -0.106. The molecule has 0 heterocycles. The second-order valence-corrected chi connectivity index (χ2v) is 8.31. The Morgan fingerprint density at radius 1 is 1.17 bits per heavy atom. The van der Waals surface area contributed by atoms with E-state index < -0.39 is 17.6 Å². The lowest BCUT2D eigenvalue weighted by Crippen LogP contribution is -2.52. The lowest BCUT2D eigenvalue weighted by atomic mass is 9.61. The van der Waals surface area contributed by atoms with E-state index in [9.17, 15) is 15.3 Å². The van der Waals surface area contributed by atoms with Crippen LogP contribution in [0.4, 0.5) is 0 Å². The number of rotatable bonds is 1. The van der Waals surface area contributed by atoms with Gasteiger partial charge in [0.15, 0.2) is 0 Å². The molecule has 0 spiro atoms. The minimum absolute atomic E-state index is 0.0437. The molecule has 0 saturated heterocycles. The Kier molecular flexibility index (Phi) is 4.74. The van der Waals surface area contributed by atoms with Crippen molar-refractivity contribution >= 4 is 0 Å². The van der Waals surface area contributed by atoms with Gasteiger partial charge in [0.2, 0.25) is 0 Å². The van der Waals surface area contributed by atoms with E-state index in [1.165, 1.54) is 23.1 Å². The van der Waals surface area contributed by atoms with E-state index in [0.717, 1.165) is 25.7 Å². The predicted octanol–water partition coefficient (Wildman–Crippen LogP) is 3.20. The van der Waals surface area contributed by atoms with Crippen molar-refractivity contribution in [1.29, 1.82) is 0 Å². The monoisotopic (exact) mass is 320 g/mol. The zero-order chi connectivity index (χ0) is 16.8. The van der Waals surface area contributed by atoms with Crippen molar-refractivity contribution in [1.82, 2.24) is 0 Å². The van der Waals surface area contributed by atoms with Gasteiger partial charge in [-0.2, -0.15) is 0 Å². The molecule has 1 saturated carbocycles. The highest BCUT2D eigenvalue weighted by Crippen LogP contribution is 2.59. The first-order valence-electron chi connectivity index (χ1n) is 9.25. The first kappa shape index (κ1) is 17.2. The summed E-state index contributed by atoms with van der Waals surface area (Å²) in [5, 5.41) is 31.7. The van der Waals surface area contributed by atoms with Crippen molar-refractivity contribution in [3.63, 3.8) is 0 Å². The van der Waals surface area contributed by atoms with Gasteiger partial charge in [-0.1, -0.05) is 36.6 Å². The molecule has 130 valence electrons. The first-order chi connectivity index (χ1) is 10.9. The van der Waals surface area contributed by atoms with E-state index in [0.29, 0.717) is 18.8 Å². The minimum Gasteiger partial charge on any atom is -0.396 e. The van der Waals surface area contributed by atoms with Gasteiger partial charge in [0.25, 0.3) is 0 Å². The van der Waals surface area contributed by atoms with Gasteiger partial charge < -0.3 is 15.3 Å². The van der Waals surface area contributed by atoms with Crippen LogP contribution in [-0.4, -0.2) is 34.1 Å². The van der Waals surface area contributed by atoms with Gasteiger partial charge in [-0.25, -0.2) is 0 Å². The highest BCUT2D eigenvalue weighted by atomic mass is 16.3. The summed E-state index contributed by atoms with van der Waals surface area (Å²) >= 11 is 0. The van der Waals surface area contributed by atoms with Crippen LogP contribution in [0.25, 0.3) is 0 Å². The molecule has 3 nitrogen and oxygen atoms in total. The van der Waals surface area contributed by atoms with Gasteiger partial charge in [-0.3, -0.25) is 0 Å². The Hall–Kier alpha value is -0.640. The molecule has 0 aromatic heterocycles. The van der Waals surface area contributed by atoms with E-state index in [1.54, 1.807) is 0 Å². The number of hydrogen-bond donors (Lipinski definition) is 3. The zero-order valence-electron chi connectivity index (χ0n) is 14.6. The third kappa shape index (κ3) is 2.61. The molecular formula is C20H32O3. The summed E-state index contributed by atoms with van der Waals surface area (Å²) in [5.74, 6) is 0.936. The van der Waals surface area contributed by atoms with Gasteiger partial charge >= 0.3 is 0 Å². The molecule has 0 aliphatic heterocycles. The summed E-state index contributed by atoms with van der Waals surface area (Å²) in [6.07, 6.45) is 5.51. The van der Waals surface area contributed by atoms with Crippen molar-refractivity contribution < 1.29 is 15.3 Å². The van der Waals surface area contributed by atoms with E-state index in [-0.39, 0.29) is 18.4 Å². The summed E-state index contributed by atoms with van der Waals surface area (Å²) in [7, 11) is 0. The van der Waals surface area contributed by atoms with Crippen LogP contribution in [0.1, 0.15) is 58.8 Å². The molecule has 3 aliphatic carbocycles. The fourth-order valence-electron chi connectivity index (χ4n) is 5.56. The molecule has 2 bridgehead atoms. The molecule has 0 radical (unpaired) electrons. The molecule has 0 aromatic carbocycles. The summed E-state index contributed by atoms with van der Waals surface area (Å²) in [4.78, 5) is 0. The van der Waals surface area contributed by atoms with Crippen LogP contribution in [0.3, 0.4) is 0 Å². The second kappa shape index (κ2) is 6.34. The average molecular weight is 320 g/mol. The van der Waals surface area contributed by atoms with Crippen molar-refractivity contribution in [2.75, 3.05) is 6.61 Å². The van der Waals surface area contributed by atoms with Crippen LogP contribution in [0, 0.1) is 23.2 Å². The molecule has 23 heavy (non-hydrogen) atoms. The smallest absolute Gasteiger partial charge is 0.0686 e. The van der Waals surface area contributed by atoms with E-state index in [1.807, 2.05) is 0 Å². The highest BCUT2D eigenvalue weighted by molar-refractivity contribution is 5.32. The van der Waals surface area contributed by atoms with E-state index in [2.05, 4.69) is 20.4 Å². The molecule has 6 atom stereocenters. The third-order valence-electron chi connectivity index (χ3n) is 7.10. The summed E-state index contributed by atoms with van der Waals surface area (Å²) < 4.78 is 0. The first-order valence-corrected chi connectivity index (χ1v) is 9.25. The molecule has 1 fully saturated rings. The van der Waals surface area contributed by atoms with Crippen molar-refractivity contribution in [2.24, 2.45) is 23.2 Å². The Balaban J connectivity index is 2.07. The molecule has 0 aromatic rings. The maximum absolute atomic E-state index is 10.9. The molecular weight excluding hydrogens is 288 g/mol. The molecule has 0 amide bonds. The van der Waals surface area contributed by atoms with E-state index in [4.69, 9.17) is 0 Å². The molecule has 3 N–H and O–H groups in total. The van der Waals surface area contributed by atoms with Gasteiger partial charge in [-0.15, -0.1) is 0 Å². The maximum atomic E-state index is 10.9. The number of hydrogen-bond acceptors (Lipinski definition) is 3. The normalized spacial score (nSPS) is 45.1. The molecule has 3 rings (SSSR count). The predicted molar refractivity (Wildman–Crippen MR) is 91.8 cm³/mol. The Morgan fingerprint density at radius 3 is 2.61 bits per heavy atom. The van der Waals surface area contributed by atoms with Crippen LogP contribution < -0.4 is 0 Å².